The van der Waals surface area contributed by atoms with Gasteiger partial charge in [-0.15, -0.1) is 0 Å². The zero-order chi connectivity index (χ0) is 12.7. The van der Waals surface area contributed by atoms with Crippen molar-refractivity contribution in [2.75, 3.05) is 7.11 Å². The molecule has 17 heavy (non-hydrogen) atoms. The predicted molar refractivity (Wildman–Crippen MR) is 69.2 cm³/mol. The van der Waals surface area contributed by atoms with Crippen molar-refractivity contribution in [2.24, 2.45) is 0 Å². The summed E-state index contributed by atoms with van der Waals surface area (Å²) < 4.78 is 4.91. The van der Waals surface area contributed by atoms with Gasteiger partial charge in [-0.25, -0.2) is 0 Å². The molecule has 0 bridgehead atoms. The number of aromatic nitrogens is 2. The summed E-state index contributed by atoms with van der Waals surface area (Å²) in [4.78, 5) is 8.10. The summed E-state index contributed by atoms with van der Waals surface area (Å²) >= 11 is 0. The lowest BCUT2D eigenvalue weighted by molar-refractivity contribution is 0.412. The van der Waals surface area contributed by atoms with Gasteiger partial charge in [-0.3, -0.25) is 9.97 Å². The van der Waals surface area contributed by atoms with Crippen LogP contribution in [-0.4, -0.2) is 17.1 Å². The van der Waals surface area contributed by atoms with Gasteiger partial charge in [0.25, 0.3) is 0 Å². The Hall–Kier alpha value is -1.90. The van der Waals surface area contributed by atoms with Gasteiger partial charge in [-0.1, -0.05) is 6.07 Å². The normalized spacial score (nSPS) is 9.18. The number of pyridine rings is 2. The van der Waals surface area contributed by atoms with Gasteiger partial charge >= 0.3 is 0 Å². The average molecular weight is 230 g/mol. The predicted octanol–water partition coefficient (Wildman–Crippen LogP) is 3.10. The molecule has 0 saturated carbocycles. The highest BCUT2D eigenvalue weighted by Gasteiger charge is 1.87. The zero-order valence-corrected chi connectivity index (χ0v) is 10.8. The third-order valence-electron chi connectivity index (χ3n) is 2.18. The topological polar surface area (TPSA) is 35.0 Å². The summed E-state index contributed by atoms with van der Waals surface area (Å²) in [6, 6.07) is 7.87. The molecule has 0 aliphatic heterocycles. The number of hydrogen-bond donors (Lipinski definition) is 0. The van der Waals surface area contributed by atoms with Crippen LogP contribution < -0.4 is 4.74 Å². The largest absolute Gasteiger partial charge is 0.495 e. The molecule has 0 radical (unpaired) electrons. The van der Waals surface area contributed by atoms with Gasteiger partial charge in [-0.2, -0.15) is 0 Å². The molecular weight excluding hydrogens is 212 g/mol. The van der Waals surface area contributed by atoms with E-state index in [-0.39, 0.29) is 0 Å². The van der Waals surface area contributed by atoms with E-state index in [9.17, 15) is 0 Å². The van der Waals surface area contributed by atoms with Crippen LogP contribution in [0.4, 0.5) is 0 Å². The summed E-state index contributed by atoms with van der Waals surface area (Å²) in [5.74, 6) is 0.806. The maximum atomic E-state index is 4.91. The van der Waals surface area contributed by atoms with Crippen LogP contribution >= 0.6 is 0 Å². The zero-order valence-electron chi connectivity index (χ0n) is 10.8. The van der Waals surface area contributed by atoms with Gasteiger partial charge in [0, 0.05) is 17.6 Å². The minimum atomic E-state index is 0.806. The first kappa shape index (κ1) is 13.2. The van der Waals surface area contributed by atoms with Crippen LogP contribution in [-0.2, 0) is 0 Å². The van der Waals surface area contributed by atoms with Gasteiger partial charge in [0.05, 0.1) is 13.3 Å². The first-order valence-electron chi connectivity index (χ1n) is 5.47. The quantitative estimate of drug-likeness (QED) is 0.755. The highest BCUT2D eigenvalue weighted by atomic mass is 16.5. The molecule has 0 spiro atoms. The number of ether oxygens (including phenoxy) is 1. The molecule has 0 unspecified atom stereocenters. The van der Waals surface area contributed by atoms with Crippen molar-refractivity contribution in [1.82, 2.24) is 9.97 Å². The third kappa shape index (κ3) is 5.11. The van der Waals surface area contributed by atoms with Crippen LogP contribution in [0.15, 0.2) is 36.7 Å². The fraction of sp³-hybridized carbons (Fsp3) is 0.286. The summed E-state index contributed by atoms with van der Waals surface area (Å²) in [6.07, 6.45) is 3.57. The minimum Gasteiger partial charge on any atom is -0.495 e. The Morgan fingerprint density at radius 2 is 1.41 bits per heavy atom. The molecule has 3 heteroatoms. The second-order valence-corrected chi connectivity index (χ2v) is 3.82. The Balaban J connectivity index is 0.000000171. The third-order valence-corrected chi connectivity index (χ3v) is 2.18. The lowest BCUT2D eigenvalue weighted by atomic mass is 10.3. The van der Waals surface area contributed by atoms with Crippen molar-refractivity contribution in [3.63, 3.8) is 0 Å². The lowest BCUT2D eigenvalue weighted by Gasteiger charge is -1.96. The van der Waals surface area contributed by atoms with E-state index >= 15 is 0 Å². The van der Waals surface area contributed by atoms with Crippen molar-refractivity contribution in [2.45, 2.75) is 20.8 Å². The number of aryl methyl sites for hydroxylation is 3. The summed E-state index contributed by atoms with van der Waals surface area (Å²) in [7, 11) is 1.63. The Labute approximate surface area is 103 Å². The molecule has 0 amide bonds. The van der Waals surface area contributed by atoms with Crippen molar-refractivity contribution in [3.8, 4) is 5.75 Å². The smallest absolute Gasteiger partial charge is 0.137 e. The molecule has 0 aromatic carbocycles. The van der Waals surface area contributed by atoms with Crippen LogP contribution in [0.3, 0.4) is 0 Å². The fourth-order valence-corrected chi connectivity index (χ4v) is 1.12. The van der Waals surface area contributed by atoms with E-state index in [1.807, 2.05) is 45.2 Å². The minimum absolute atomic E-state index is 0.806. The van der Waals surface area contributed by atoms with Gasteiger partial charge in [0.15, 0.2) is 0 Å². The second kappa shape index (κ2) is 6.63. The van der Waals surface area contributed by atoms with Crippen molar-refractivity contribution in [1.29, 1.82) is 0 Å². The number of nitrogens with zero attached hydrogens (tertiary/aromatic N) is 2. The Morgan fingerprint density at radius 3 is 1.76 bits per heavy atom. The highest BCUT2D eigenvalue weighted by molar-refractivity contribution is 5.18. The summed E-state index contributed by atoms with van der Waals surface area (Å²) in [5.41, 5.74) is 3.31. The maximum Gasteiger partial charge on any atom is 0.137 e. The van der Waals surface area contributed by atoms with Crippen LogP contribution in [0.1, 0.15) is 17.0 Å². The molecule has 0 fully saturated rings. The molecule has 0 aliphatic rings. The molecule has 0 atom stereocenters. The molecule has 2 rings (SSSR count). The SMILES string of the molecule is COc1ccc(C)nc1.Cc1ccc(C)nc1. The van der Waals surface area contributed by atoms with E-state index in [1.165, 1.54) is 5.56 Å². The lowest BCUT2D eigenvalue weighted by Crippen LogP contribution is -1.84. The standard InChI is InChI=1S/C7H9NO.C7H9N/c1-6-3-4-7(9-2)5-8-6;1-6-3-4-7(2)8-5-6/h3-5H,1-2H3;3-5H,1-2H3. The summed E-state index contributed by atoms with van der Waals surface area (Å²) in [5, 5.41) is 0. The van der Waals surface area contributed by atoms with E-state index in [1.54, 1.807) is 13.3 Å². The van der Waals surface area contributed by atoms with Crippen molar-refractivity contribution < 1.29 is 4.74 Å². The van der Waals surface area contributed by atoms with Gasteiger partial charge in [-0.05, 0) is 44.5 Å². The number of rotatable bonds is 1. The molecule has 2 heterocycles. The molecule has 0 N–H and O–H groups in total. The molecule has 90 valence electrons. The molecule has 0 aliphatic carbocycles. The van der Waals surface area contributed by atoms with Crippen LogP contribution in [0.25, 0.3) is 0 Å². The van der Waals surface area contributed by atoms with E-state index in [0.717, 1.165) is 17.1 Å². The van der Waals surface area contributed by atoms with E-state index in [4.69, 9.17) is 4.74 Å². The average Bonchev–Trinajstić information content (AvgIpc) is 2.35. The Bertz CT molecular complexity index is 414. The fourth-order valence-electron chi connectivity index (χ4n) is 1.12. The monoisotopic (exact) mass is 230 g/mol. The van der Waals surface area contributed by atoms with Crippen molar-refractivity contribution >= 4 is 0 Å². The first-order chi connectivity index (χ1) is 8.11. The molecular formula is C14H18N2O. The van der Waals surface area contributed by atoms with E-state index < -0.39 is 0 Å². The molecule has 2 aromatic heterocycles. The summed E-state index contributed by atoms with van der Waals surface area (Å²) in [6.45, 7) is 5.96. The number of methoxy groups -OCH3 is 1. The van der Waals surface area contributed by atoms with Gasteiger partial charge < -0.3 is 4.74 Å². The van der Waals surface area contributed by atoms with E-state index in [2.05, 4.69) is 16.0 Å². The van der Waals surface area contributed by atoms with E-state index in [0.29, 0.717) is 0 Å². The van der Waals surface area contributed by atoms with Gasteiger partial charge in [0.1, 0.15) is 5.75 Å². The van der Waals surface area contributed by atoms with Crippen molar-refractivity contribution in [3.05, 3.63) is 53.6 Å². The van der Waals surface area contributed by atoms with Gasteiger partial charge in [0.2, 0.25) is 0 Å². The maximum absolute atomic E-state index is 4.91. The number of hydrogen-bond acceptors (Lipinski definition) is 3. The highest BCUT2D eigenvalue weighted by Crippen LogP contribution is 2.06. The van der Waals surface area contributed by atoms with Crippen LogP contribution in [0.2, 0.25) is 0 Å². The van der Waals surface area contributed by atoms with Crippen LogP contribution in [0, 0.1) is 20.8 Å². The first-order valence-corrected chi connectivity index (χ1v) is 5.47. The second-order valence-electron chi connectivity index (χ2n) is 3.82. The molecule has 0 saturated heterocycles. The Morgan fingerprint density at radius 1 is 0.824 bits per heavy atom. The molecule has 2 aromatic rings. The molecule has 3 nitrogen and oxygen atoms in total. The Kier molecular flexibility index (Phi) is 5.14. The van der Waals surface area contributed by atoms with Crippen LogP contribution in [0.5, 0.6) is 5.75 Å².